The zero-order valence-corrected chi connectivity index (χ0v) is 21.8. The highest BCUT2D eigenvalue weighted by molar-refractivity contribution is 6.09. The van der Waals surface area contributed by atoms with E-state index in [1.807, 2.05) is 6.07 Å². The van der Waals surface area contributed by atoms with Gasteiger partial charge in [0.1, 0.15) is 11.2 Å². The molecule has 0 saturated carbocycles. The van der Waals surface area contributed by atoms with Gasteiger partial charge in [-0.15, -0.1) is 0 Å². The third kappa shape index (κ3) is 3.05. The predicted molar refractivity (Wildman–Crippen MR) is 165 cm³/mol. The summed E-state index contributed by atoms with van der Waals surface area (Å²) in [6, 6.07) is 48.4. The second kappa shape index (κ2) is 8.21. The molecule has 6 aromatic carbocycles. The van der Waals surface area contributed by atoms with E-state index in [4.69, 9.17) is 4.42 Å². The quantitative estimate of drug-likeness (QED) is 0.231. The van der Waals surface area contributed by atoms with Gasteiger partial charge in [0.05, 0.1) is 11.0 Å². The summed E-state index contributed by atoms with van der Waals surface area (Å²) in [6.07, 6.45) is 0.948. The zero-order valence-electron chi connectivity index (χ0n) is 21.8. The molecule has 0 aliphatic heterocycles. The molecule has 0 spiro atoms. The Bertz CT molecular complexity index is 2190. The molecule has 2 aromatic heterocycles. The molecule has 1 unspecified atom stereocenters. The first kappa shape index (κ1) is 21.8. The zero-order chi connectivity index (χ0) is 26.2. The summed E-state index contributed by atoms with van der Waals surface area (Å²) in [5.41, 5.74) is 12.4. The molecule has 0 amide bonds. The fourth-order valence-electron chi connectivity index (χ4n) is 6.96. The van der Waals surface area contributed by atoms with Crippen molar-refractivity contribution >= 4 is 43.7 Å². The molecule has 2 nitrogen and oxygen atoms in total. The molecule has 1 atom stereocenters. The Balaban J connectivity index is 1.14. The van der Waals surface area contributed by atoms with Crippen LogP contribution in [-0.2, 0) is 6.42 Å². The topological polar surface area (TPSA) is 18.1 Å². The Morgan fingerprint density at radius 2 is 1.15 bits per heavy atom. The molecule has 2 heterocycles. The van der Waals surface area contributed by atoms with Crippen LogP contribution in [0.5, 0.6) is 0 Å². The van der Waals surface area contributed by atoms with Crippen molar-refractivity contribution in [2.75, 3.05) is 0 Å². The van der Waals surface area contributed by atoms with Crippen LogP contribution in [0.1, 0.15) is 22.6 Å². The fraction of sp³-hybridized carbons (Fsp3) is 0.0526. The second-order valence-corrected chi connectivity index (χ2v) is 10.9. The van der Waals surface area contributed by atoms with Crippen molar-refractivity contribution in [3.8, 4) is 16.8 Å². The number of hydrogen-bond acceptors (Lipinski definition) is 1. The molecule has 0 radical (unpaired) electrons. The van der Waals surface area contributed by atoms with E-state index in [0.717, 1.165) is 17.6 Å². The van der Waals surface area contributed by atoms with E-state index >= 15 is 0 Å². The molecule has 40 heavy (non-hydrogen) atoms. The molecule has 0 fully saturated rings. The first-order valence-corrected chi connectivity index (χ1v) is 14.0. The van der Waals surface area contributed by atoms with Gasteiger partial charge in [-0.25, -0.2) is 0 Å². The van der Waals surface area contributed by atoms with Gasteiger partial charge in [0.25, 0.3) is 0 Å². The van der Waals surface area contributed by atoms with Gasteiger partial charge < -0.3 is 8.98 Å². The lowest BCUT2D eigenvalue weighted by Crippen LogP contribution is -2.02. The normalized spacial score (nSPS) is 14.3. The summed E-state index contributed by atoms with van der Waals surface area (Å²) in [6.45, 7) is 0. The summed E-state index contributed by atoms with van der Waals surface area (Å²) in [5.74, 6) is 0.294. The summed E-state index contributed by atoms with van der Waals surface area (Å²) in [4.78, 5) is 0. The highest BCUT2D eigenvalue weighted by Crippen LogP contribution is 2.48. The van der Waals surface area contributed by atoms with Crippen molar-refractivity contribution in [1.29, 1.82) is 0 Å². The molecule has 9 rings (SSSR count). The van der Waals surface area contributed by atoms with E-state index < -0.39 is 0 Å². The maximum atomic E-state index is 6.30. The van der Waals surface area contributed by atoms with E-state index in [2.05, 4.69) is 132 Å². The van der Waals surface area contributed by atoms with Gasteiger partial charge in [-0.3, -0.25) is 0 Å². The Morgan fingerprint density at radius 3 is 1.93 bits per heavy atom. The lowest BCUT2D eigenvalue weighted by Gasteiger charge is -2.15. The number of fused-ring (bicyclic) bond motifs is 9. The highest BCUT2D eigenvalue weighted by atomic mass is 16.3. The molecule has 8 aromatic rings. The Morgan fingerprint density at radius 1 is 0.500 bits per heavy atom. The summed E-state index contributed by atoms with van der Waals surface area (Å²) >= 11 is 0. The van der Waals surface area contributed by atoms with Crippen molar-refractivity contribution in [2.45, 2.75) is 12.3 Å². The van der Waals surface area contributed by atoms with Crippen LogP contribution in [0.15, 0.2) is 138 Å². The Kier molecular flexibility index (Phi) is 4.48. The number of benzene rings is 6. The molecular weight excluding hydrogens is 486 g/mol. The summed E-state index contributed by atoms with van der Waals surface area (Å²) in [7, 11) is 0. The molecular formula is C38H25NO. The lowest BCUT2D eigenvalue weighted by molar-refractivity contribution is 0.667. The molecule has 0 saturated heterocycles. The van der Waals surface area contributed by atoms with Gasteiger partial charge >= 0.3 is 0 Å². The van der Waals surface area contributed by atoms with Crippen molar-refractivity contribution in [2.24, 2.45) is 0 Å². The number of furan rings is 1. The van der Waals surface area contributed by atoms with Gasteiger partial charge in [0.2, 0.25) is 0 Å². The Labute approximate surface area is 231 Å². The summed E-state index contributed by atoms with van der Waals surface area (Å²) < 4.78 is 8.68. The molecule has 1 aliphatic rings. The third-order valence-corrected chi connectivity index (χ3v) is 8.77. The maximum absolute atomic E-state index is 6.30. The van der Waals surface area contributed by atoms with Crippen LogP contribution >= 0.6 is 0 Å². The number of nitrogens with zero attached hydrogens (tertiary/aromatic N) is 1. The number of rotatable bonds is 3. The summed E-state index contributed by atoms with van der Waals surface area (Å²) in [5, 5.41) is 4.96. The highest BCUT2D eigenvalue weighted by Gasteiger charge is 2.30. The van der Waals surface area contributed by atoms with E-state index in [9.17, 15) is 0 Å². The van der Waals surface area contributed by atoms with E-state index in [1.54, 1.807) is 0 Å². The minimum atomic E-state index is 0.294. The van der Waals surface area contributed by atoms with Crippen molar-refractivity contribution < 1.29 is 4.42 Å². The van der Waals surface area contributed by atoms with Gasteiger partial charge in [0.15, 0.2) is 0 Å². The maximum Gasteiger partial charge on any atom is 0.135 e. The molecule has 0 N–H and O–H groups in total. The molecule has 1 aliphatic carbocycles. The SMILES string of the molecule is c1ccc2c(c1)-c1cc3c(cc1C2Cc1ccc(-n2c4ccccc4c4ccccc42)cc1)oc1ccccc13. The van der Waals surface area contributed by atoms with Crippen LogP contribution in [-0.4, -0.2) is 4.57 Å². The minimum Gasteiger partial charge on any atom is -0.456 e. The van der Waals surface area contributed by atoms with Crippen LogP contribution in [0.2, 0.25) is 0 Å². The standard InChI is InChI=1S/C38H25NO/c1-2-10-27-26(9-1)31(33-23-38-34(22-32(27)33)30-13-5-8-16-37(30)40-38)21-24-17-19-25(20-18-24)39-35-14-6-3-11-28(35)29-12-4-7-15-36(29)39/h1-20,22-23,31H,21H2. The first-order chi connectivity index (χ1) is 19.8. The average molecular weight is 512 g/mol. The predicted octanol–water partition coefficient (Wildman–Crippen LogP) is 10.0. The van der Waals surface area contributed by atoms with Crippen molar-refractivity contribution in [1.82, 2.24) is 4.57 Å². The van der Waals surface area contributed by atoms with Crippen molar-refractivity contribution in [3.05, 3.63) is 150 Å². The third-order valence-electron chi connectivity index (χ3n) is 8.77. The molecule has 0 bridgehead atoms. The van der Waals surface area contributed by atoms with Crippen LogP contribution in [0.25, 0.3) is 60.6 Å². The Hall–Kier alpha value is -5.08. The number of para-hydroxylation sites is 3. The average Bonchev–Trinajstić information content (AvgIpc) is 3.64. The fourth-order valence-corrected chi connectivity index (χ4v) is 6.96. The van der Waals surface area contributed by atoms with Gasteiger partial charge in [0, 0.05) is 33.2 Å². The number of hydrogen-bond donors (Lipinski definition) is 0. The second-order valence-electron chi connectivity index (χ2n) is 10.9. The van der Waals surface area contributed by atoms with Crippen LogP contribution in [0.3, 0.4) is 0 Å². The number of aromatic nitrogens is 1. The lowest BCUT2D eigenvalue weighted by atomic mass is 9.90. The largest absolute Gasteiger partial charge is 0.456 e. The molecule has 188 valence electrons. The monoisotopic (exact) mass is 511 g/mol. The van der Waals surface area contributed by atoms with Crippen LogP contribution in [0.4, 0.5) is 0 Å². The van der Waals surface area contributed by atoms with Crippen LogP contribution < -0.4 is 0 Å². The van der Waals surface area contributed by atoms with Gasteiger partial charge in [-0.2, -0.15) is 0 Å². The smallest absolute Gasteiger partial charge is 0.135 e. The van der Waals surface area contributed by atoms with Gasteiger partial charge in [-0.1, -0.05) is 91.0 Å². The van der Waals surface area contributed by atoms with Crippen molar-refractivity contribution in [3.63, 3.8) is 0 Å². The van der Waals surface area contributed by atoms with E-state index in [1.165, 1.54) is 66.1 Å². The van der Waals surface area contributed by atoms with Gasteiger partial charge in [-0.05, 0) is 76.7 Å². The first-order valence-electron chi connectivity index (χ1n) is 14.0. The van der Waals surface area contributed by atoms with Crippen LogP contribution in [0, 0.1) is 0 Å². The molecule has 2 heteroatoms. The van der Waals surface area contributed by atoms with E-state index in [0.29, 0.717) is 5.92 Å². The minimum absolute atomic E-state index is 0.294. The van der Waals surface area contributed by atoms with E-state index in [-0.39, 0.29) is 0 Å².